The molecule has 0 radical (unpaired) electrons. The van der Waals surface area contributed by atoms with Crippen LogP contribution in [0, 0.1) is 0 Å². The first kappa shape index (κ1) is 14.5. The third kappa shape index (κ3) is 2.92. The molecule has 0 spiro atoms. The number of carbonyl (C=O) groups is 1. The normalized spacial score (nSPS) is 10.5. The van der Waals surface area contributed by atoms with Crippen molar-refractivity contribution < 1.29 is 4.79 Å². The van der Waals surface area contributed by atoms with Crippen molar-refractivity contribution in [3.8, 4) is 11.3 Å². The van der Waals surface area contributed by atoms with Gasteiger partial charge in [-0.1, -0.05) is 34.1 Å². The van der Waals surface area contributed by atoms with Gasteiger partial charge in [0.1, 0.15) is 11.5 Å². The molecule has 0 saturated carbocycles. The van der Waals surface area contributed by atoms with Crippen molar-refractivity contribution in [2.45, 2.75) is 0 Å². The summed E-state index contributed by atoms with van der Waals surface area (Å²) in [6.45, 7) is 0. The Morgan fingerprint density at radius 2 is 1.95 bits per heavy atom. The Hall–Kier alpha value is -2.47. The predicted molar refractivity (Wildman–Crippen MR) is 88.7 cm³/mol. The molecule has 3 rings (SSSR count). The summed E-state index contributed by atoms with van der Waals surface area (Å²) in [5.41, 5.74) is 2.09. The van der Waals surface area contributed by atoms with Gasteiger partial charge in [-0.3, -0.25) is 14.8 Å². The number of hydrogen-bond donors (Lipinski definition) is 1. The van der Waals surface area contributed by atoms with E-state index in [4.69, 9.17) is 0 Å². The third-order valence-corrected chi connectivity index (χ3v) is 3.77. The van der Waals surface area contributed by atoms with Crippen molar-refractivity contribution in [2.75, 3.05) is 11.9 Å². The van der Waals surface area contributed by atoms with Gasteiger partial charge in [0, 0.05) is 23.3 Å². The van der Waals surface area contributed by atoms with Gasteiger partial charge in [-0.2, -0.15) is 5.10 Å². The topological polar surface area (TPSA) is 61.9 Å². The average Bonchev–Trinajstić information content (AvgIpc) is 3.05. The van der Waals surface area contributed by atoms with Crippen LogP contribution in [0.15, 0.2) is 59.2 Å². The van der Waals surface area contributed by atoms with Crippen LogP contribution < -0.4 is 4.90 Å². The number of carbonyl (C=O) groups excluding carboxylic acids is 1. The molecule has 5 nitrogen and oxygen atoms in total. The molecule has 0 bridgehead atoms. The molecule has 6 heteroatoms. The molecule has 0 aliphatic rings. The van der Waals surface area contributed by atoms with E-state index in [1.807, 2.05) is 36.4 Å². The minimum atomic E-state index is -0.186. The number of aromatic nitrogens is 3. The van der Waals surface area contributed by atoms with Crippen molar-refractivity contribution in [3.63, 3.8) is 0 Å². The molecular weight excluding hydrogens is 344 g/mol. The molecule has 0 saturated heterocycles. The van der Waals surface area contributed by atoms with Crippen LogP contribution in [0.3, 0.4) is 0 Å². The molecule has 2 aromatic heterocycles. The maximum atomic E-state index is 12.5. The summed E-state index contributed by atoms with van der Waals surface area (Å²) < 4.78 is 0.998. The molecule has 0 unspecified atom stereocenters. The highest BCUT2D eigenvalue weighted by Gasteiger charge is 2.17. The van der Waals surface area contributed by atoms with Crippen molar-refractivity contribution >= 4 is 27.7 Å². The Labute approximate surface area is 136 Å². The zero-order chi connectivity index (χ0) is 15.5. The molecule has 1 amide bonds. The summed E-state index contributed by atoms with van der Waals surface area (Å²) in [5, 5.41) is 6.99. The number of nitrogens with one attached hydrogen (secondary N) is 1. The lowest BCUT2D eigenvalue weighted by Gasteiger charge is -2.14. The molecule has 1 N–H and O–H groups in total. The molecule has 0 fully saturated rings. The zero-order valence-electron chi connectivity index (χ0n) is 11.8. The van der Waals surface area contributed by atoms with Gasteiger partial charge in [-0.15, -0.1) is 0 Å². The van der Waals surface area contributed by atoms with Crippen molar-refractivity contribution in [1.82, 2.24) is 15.2 Å². The number of pyridine rings is 1. The Morgan fingerprint density at radius 1 is 1.18 bits per heavy atom. The van der Waals surface area contributed by atoms with E-state index in [2.05, 4.69) is 31.1 Å². The number of anilines is 1. The van der Waals surface area contributed by atoms with Gasteiger partial charge in [-0.25, -0.2) is 4.98 Å². The summed E-state index contributed by atoms with van der Waals surface area (Å²) in [6, 6.07) is 14.9. The average molecular weight is 357 g/mol. The van der Waals surface area contributed by atoms with Crippen LogP contribution in [0.25, 0.3) is 11.3 Å². The molecule has 0 atom stereocenters. The van der Waals surface area contributed by atoms with E-state index < -0.39 is 0 Å². The van der Waals surface area contributed by atoms with Crippen LogP contribution in [-0.2, 0) is 0 Å². The van der Waals surface area contributed by atoms with E-state index in [0.717, 1.165) is 15.7 Å². The Balaban J connectivity index is 1.84. The first-order chi connectivity index (χ1) is 10.6. The standard InChI is InChI=1S/C16H13BrN4O/c1-21(15-4-2-3-9-18-15)16(22)14-10-13(19-20-14)11-5-7-12(17)8-6-11/h2-10H,1H3,(H,19,20). The number of hydrogen-bond acceptors (Lipinski definition) is 3. The number of H-pyrrole nitrogens is 1. The second-order valence-electron chi connectivity index (χ2n) is 4.73. The molecule has 110 valence electrons. The minimum Gasteiger partial charge on any atom is -0.295 e. The Bertz CT molecular complexity index is 783. The SMILES string of the molecule is CN(C(=O)c1cc(-c2ccc(Br)cc2)n[nH]1)c1ccccn1. The molecule has 0 aliphatic heterocycles. The molecular formula is C16H13BrN4O. The van der Waals surface area contributed by atoms with Crippen LogP contribution in [0.5, 0.6) is 0 Å². The van der Waals surface area contributed by atoms with Crippen LogP contribution in [0.1, 0.15) is 10.5 Å². The van der Waals surface area contributed by atoms with Crippen LogP contribution >= 0.6 is 15.9 Å². The van der Waals surface area contributed by atoms with E-state index >= 15 is 0 Å². The van der Waals surface area contributed by atoms with Crippen molar-refractivity contribution in [2.24, 2.45) is 0 Å². The zero-order valence-corrected chi connectivity index (χ0v) is 13.4. The first-order valence-corrected chi connectivity index (χ1v) is 7.45. The van der Waals surface area contributed by atoms with Gasteiger partial charge in [-0.05, 0) is 30.3 Å². The number of rotatable bonds is 3. The van der Waals surface area contributed by atoms with Crippen LogP contribution in [0.2, 0.25) is 0 Å². The molecule has 1 aromatic carbocycles. The minimum absolute atomic E-state index is 0.186. The van der Waals surface area contributed by atoms with Gasteiger partial charge in [0.2, 0.25) is 0 Å². The lowest BCUT2D eigenvalue weighted by Crippen LogP contribution is -2.27. The highest BCUT2D eigenvalue weighted by molar-refractivity contribution is 9.10. The molecule has 3 aromatic rings. The van der Waals surface area contributed by atoms with Gasteiger partial charge in [0.25, 0.3) is 5.91 Å². The van der Waals surface area contributed by atoms with Crippen molar-refractivity contribution in [1.29, 1.82) is 0 Å². The highest BCUT2D eigenvalue weighted by atomic mass is 79.9. The van der Waals surface area contributed by atoms with Gasteiger partial charge >= 0.3 is 0 Å². The fourth-order valence-electron chi connectivity index (χ4n) is 2.04. The Kier molecular flexibility index (Phi) is 4.02. The second kappa shape index (κ2) is 6.11. The van der Waals surface area contributed by atoms with Gasteiger partial charge in [0.05, 0.1) is 5.69 Å². The number of benzene rings is 1. The number of aromatic amines is 1. The fourth-order valence-corrected chi connectivity index (χ4v) is 2.30. The van der Waals surface area contributed by atoms with E-state index in [-0.39, 0.29) is 5.91 Å². The van der Waals surface area contributed by atoms with E-state index in [1.54, 1.807) is 25.4 Å². The van der Waals surface area contributed by atoms with Crippen LogP contribution in [-0.4, -0.2) is 28.1 Å². The monoisotopic (exact) mass is 356 g/mol. The highest BCUT2D eigenvalue weighted by Crippen LogP contribution is 2.21. The lowest BCUT2D eigenvalue weighted by atomic mass is 10.1. The van der Waals surface area contributed by atoms with E-state index in [9.17, 15) is 4.79 Å². The molecule has 22 heavy (non-hydrogen) atoms. The first-order valence-electron chi connectivity index (χ1n) is 6.65. The maximum absolute atomic E-state index is 12.5. The largest absolute Gasteiger partial charge is 0.295 e. The number of amides is 1. The van der Waals surface area contributed by atoms with Crippen molar-refractivity contribution in [3.05, 3.63) is 64.9 Å². The number of halogens is 1. The molecule has 0 aliphatic carbocycles. The molecule has 2 heterocycles. The summed E-state index contributed by atoms with van der Waals surface area (Å²) in [6.07, 6.45) is 1.65. The number of nitrogens with zero attached hydrogens (tertiary/aromatic N) is 3. The fraction of sp³-hybridized carbons (Fsp3) is 0.0625. The Morgan fingerprint density at radius 3 is 2.64 bits per heavy atom. The van der Waals surface area contributed by atoms with Crippen LogP contribution in [0.4, 0.5) is 5.82 Å². The second-order valence-corrected chi connectivity index (χ2v) is 5.64. The third-order valence-electron chi connectivity index (χ3n) is 3.25. The smallest absolute Gasteiger partial charge is 0.277 e. The summed E-state index contributed by atoms with van der Waals surface area (Å²) in [5.74, 6) is 0.404. The van der Waals surface area contributed by atoms with E-state index in [0.29, 0.717) is 11.5 Å². The lowest BCUT2D eigenvalue weighted by molar-refractivity contribution is 0.0987. The predicted octanol–water partition coefficient (Wildman–Crippen LogP) is 3.51. The van der Waals surface area contributed by atoms with Gasteiger partial charge in [0.15, 0.2) is 0 Å². The quantitative estimate of drug-likeness (QED) is 0.780. The summed E-state index contributed by atoms with van der Waals surface area (Å²) >= 11 is 3.40. The van der Waals surface area contributed by atoms with Gasteiger partial charge < -0.3 is 0 Å². The maximum Gasteiger partial charge on any atom is 0.277 e. The van der Waals surface area contributed by atoms with E-state index in [1.165, 1.54) is 4.90 Å². The summed E-state index contributed by atoms with van der Waals surface area (Å²) in [7, 11) is 1.69. The summed E-state index contributed by atoms with van der Waals surface area (Å²) in [4.78, 5) is 18.1.